The van der Waals surface area contributed by atoms with Crippen LogP contribution in [0.4, 0.5) is 8.78 Å². The Morgan fingerprint density at radius 1 is 0.753 bits per heavy atom. The van der Waals surface area contributed by atoms with E-state index >= 15 is 4.39 Å². The number of carbonyl (C=O) groups is 11. The topological polar surface area (TPSA) is 364 Å². The lowest BCUT2D eigenvalue weighted by atomic mass is 9.82. The van der Waals surface area contributed by atoms with Gasteiger partial charge in [0.2, 0.25) is 47.3 Å². The maximum atomic E-state index is 15.4. The highest BCUT2D eigenvalue weighted by Gasteiger charge is 2.39. The average Bonchev–Trinajstić information content (AvgIpc) is 3.92. The third-order valence-corrected chi connectivity index (χ3v) is 12.0. The number of nitrogens with zero attached hydrogens (tertiary/aromatic N) is 3. The number of imide groups is 1. The van der Waals surface area contributed by atoms with Crippen LogP contribution in [0.2, 0.25) is 0 Å². The molecule has 6 atom stereocenters. The van der Waals surface area contributed by atoms with E-state index in [1.807, 2.05) is 12.1 Å². The number of halogens is 2. The summed E-state index contributed by atoms with van der Waals surface area (Å²) in [7, 11) is 0. The number of amides is 10. The number of aliphatic carboxylic acids is 1. The van der Waals surface area contributed by atoms with Gasteiger partial charge in [0.05, 0.1) is 18.5 Å². The Labute approximate surface area is 441 Å². The highest BCUT2D eigenvalue weighted by molar-refractivity contribution is 6.14. The van der Waals surface area contributed by atoms with Crippen LogP contribution in [-0.4, -0.2) is 153 Å². The fourth-order valence-electron chi connectivity index (χ4n) is 8.15. The lowest BCUT2D eigenvalue weighted by Gasteiger charge is -2.41. The Hall–Kier alpha value is -8.39. The first-order chi connectivity index (χ1) is 36.2. The fourth-order valence-corrected chi connectivity index (χ4v) is 8.15. The van der Waals surface area contributed by atoms with Crippen molar-refractivity contribution >= 4 is 65.0 Å². The van der Waals surface area contributed by atoms with Crippen LogP contribution in [0.15, 0.2) is 72.9 Å². The minimum absolute atomic E-state index is 0.0871. The molecule has 0 saturated carbocycles. The molecule has 3 aromatic rings. The minimum Gasteiger partial charge on any atom is -0.481 e. The molecule has 0 radical (unpaired) electrons. The van der Waals surface area contributed by atoms with E-state index in [0.29, 0.717) is 10.6 Å². The van der Waals surface area contributed by atoms with E-state index in [1.54, 1.807) is 55.8 Å². The van der Waals surface area contributed by atoms with Crippen molar-refractivity contribution in [3.8, 4) is 11.1 Å². The minimum atomic E-state index is -1.75. The molecule has 1 aliphatic heterocycles. The Kier molecular flexibility index (Phi) is 22.2. The average molecular weight is 1080 g/mol. The van der Waals surface area contributed by atoms with Gasteiger partial charge in [0.25, 0.3) is 11.8 Å². The van der Waals surface area contributed by atoms with Crippen molar-refractivity contribution in [2.75, 3.05) is 32.8 Å². The van der Waals surface area contributed by atoms with Gasteiger partial charge in [0, 0.05) is 67.8 Å². The first-order valence-electron chi connectivity index (χ1n) is 24.3. The molecule has 4 rings (SSSR count). The molecular weight excluding hydrogens is 1010 g/mol. The van der Waals surface area contributed by atoms with Gasteiger partial charge in [-0.2, -0.15) is 0 Å². The quantitative estimate of drug-likeness (QED) is 0.0308. The Balaban J connectivity index is 1.68. The summed E-state index contributed by atoms with van der Waals surface area (Å²) >= 11 is 0. The van der Waals surface area contributed by atoms with Crippen molar-refractivity contribution in [1.82, 2.24) is 46.3 Å². The first-order valence-corrected chi connectivity index (χ1v) is 24.3. The molecule has 0 aliphatic carbocycles. The highest BCUT2D eigenvalue weighted by Crippen LogP contribution is 2.41. The lowest BCUT2D eigenvalue weighted by Crippen LogP contribution is -2.58. The molecular formula is C51H65F2N11O13. The van der Waals surface area contributed by atoms with E-state index < -0.39 is 170 Å². The summed E-state index contributed by atoms with van der Waals surface area (Å²) in [5, 5.41) is 34.2. The third kappa shape index (κ3) is 18.2. The summed E-state index contributed by atoms with van der Waals surface area (Å²) in [4.78, 5) is 143. The molecule has 0 spiro atoms. The zero-order valence-electron chi connectivity index (χ0n) is 43.1. The van der Waals surface area contributed by atoms with E-state index in [9.17, 15) is 67.3 Å². The SMILES string of the molecule is C[C@H](N)C(=O)N[C@@H](C)C(=O)N[C@@H](CC(N)=O)C(=O)N[C@@H](CCN(C(=O)CO)[C@@H](c1cc(-c2cc(F)ccc2F)cn1Cc1ccccc1)C(C)(C)C)C(=O)NCCNC(=O)[C@@H](CCC(=O)O)NC(=O)CN1C(=O)C=CC1=O. The zero-order valence-corrected chi connectivity index (χ0v) is 43.1. The van der Waals surface area contributed by atoms with Crippen molar-refractivity contribution in [2.24, 2.45) is 16.9 Å². The normalized spacial score (nSPS) is 14.5. The molecule has 0 saturated heterocycles. The summed E-state index contributed by atoms with van der Waals surface area (Å²) in [5.41, 5.74) is 11.5. The van der Waals surface area contributed by atoms with Gasteiger partial charge in [-0.1, -0.05) is 51.1 Å². The molecule has 26 heteroatoms. The highest BCUT2D eigenvalue weighted by atomic mass is 19.1. The largest absolute Gasteiger partial charge is 0.481 e. The van der Waals surface area contributed by atoms with Crippen LogP contribution >= 0.6 is 0 Å². The van der Waals surface area contributed by atoms with Crippen molar-refractivity contribution in [1.29, 1.82) is 0 Å². The second-order valence-corrected chi connectivity index (χ2v) is 19.2. The lowest BCUT2D eigenvalue weighted by molar-refractivity contribution is -0.141. The predicted molar refractivity (Wildman–Crippen MR) is 271 cm³/mol. The fraction of sp³-hybridized carbons (Fsp3) is 0.431. The Morgan fingerprint density at radius 2 is 1.35 bits per heavy atom. The van der Waals surface area contributed by atoms with E-state index in [4.69, 9.17) is 11.5 Å². The van der Waals surface area contributed by atoms with E-state index in [0.717, 1.165) is 35.9 Å². The van der Waals surface area contributed by atoms with Gasteiger partial charge >= 0.3 is 5.97 Å². The maximum Gasteiger partial charge on any atom is 0.303 e. The molecule has 0 fully saturated rings. The molecule has 1 aromatic heterocycles. The number of nitrogens with one attached hydrogen (secondary N) is 6. The number of carboxylic acids is 1. The van der Waals surface area contributed by atoms with Gasteiger partial charge in [-0.15, -0.1) is 0 Å². The number of carboxylic acid groups (broad SMARTS) is 1. The van der Waals surface area contributed by atoms with Crippen molar-refractivity contribution in [3.63, 3.8) is 0 Å². The number of aliphatic hydroxyl groups excluding tert-OH is 1. The number of carbonyl (C=O) groups excluding carboxylic acids is 10. The molecule has 24 nitrogen and oxygen atoms in total. The zero-order chi connectivity index (χ0) is 57.3. The maximum absolute atomic E-state index is 15.4. The van der Waals surface area contributed by atoms with Gasteiger partial charge < -0.3 is 63.0 Å². The first kappa shape index (κ1) is 61.2. The van der Waals surface area contributed by atoms with Gasteiger partial charge in [-0.3, -0.25) is 57.6 Å². The van der Waals surface area contributed by atoms with Gasteiger partial charge in [-0.25, -0.2) is 8.78 Å². The predicted octanol–water partition coefficient (Wildman–Crippen LogP) is -1.02. The molecule has 2 heterocycles. The van der Waals surface area contributed by atoms with Crippen LogP contribution in [-0.2, 0) is 59.3 Å². The van der Waals surface area contributed by atoms with Gasteiger partial charge in [0.1, 0.15) is 49.0 Å². The molecule has 0 unspecified atom stereocenters. The molecule has 0 bridgehead atoms. The molecule has 77 heavy (non-hydrogen) atoms. The van der Waals surface area contributed by atoms with Crippen molar-refractivity contribution in [2.45, 2.75) is 103 Å². The molecule has 1 aliphatic rings. The summed E-state index contributed by atoms with van der Waals surface area (Å²) in [6.45, 7) is 5.11. The molecule has 416 valence electrons. The number of nitrogens with two attached hydrogens (primary N) is 2. The molecule has 12 N–H and O–H groups in total. The standard InChI is InChI=1S/C51H65F2N11O13/c1-28(54)46(73)58-29(2)47(74)61-37(23-39(55)66)50(77)60-36(49(76)57-19-18-56-48(75)35(13-16-44(71)72)59-40(67)26-64-41(68)14-15-42(64)69)17-20-63(43(70)27-65)45(51(3,4)5)38-21-31(33-22-32(52)11-12-34(33)53)25-62(38)24-30-9-7-6-8-10-30/h6-12,14-15,21-22,25,28-29,35-37,45,65H,13,16-20,23-24,26-27,54H2,1-5H3,(H2,55,66)(H,56,75)(H,57,76)(H,58,73)(H,59,67)(H,60,77)(H,61,74)(H,71,72)/t28-,29-,35+,36-,37-,45-/m0/s1. The van der Waals surface area contributed by atoms with Crippen LogP contribution in [0.25, 0.3) is 11.1 Å². The van der Waals surface area contributed by atoms with E-state index in [1.165, 1.54) is 18.7 Å². The summed E-state index contributed by atoms with van der Waals surface area (Å²) < 4.78 is 31.7. The number of hydrogen-bond acceptors (Lipinski definition) is 13. The smallest absolute Gasteiger partial charge is 0.303 e. The number of benzene rings is 2. The Morgan fingerprint density at radius 3 is 1.91 bits per heavy atom. The number of primary amides is 1. The number of aliphatic hydroxyl groups is 1. The van der Waals surface area contributed by atoms with E-state index in [2.05, 4.69) is 31.9 Å². The number of rotatable bonds is 28. The second kappa shape index (κ2) is 27.9. The molecule has 10 amide bonds. The molecule has 2 aromatic carbocycles. The van der Waals surface area contributed by atoms with Crippen LogP contribution < -0.4 is 43.4 Å². The van der Waals surface area contributed by atoms with Crippen molar-refractivity contribution in [3.05, 3.63) is 95.8 Å². The van der Waals surface area contributed by atoms with Crippen LogP contribution in [0.1, 0.15) is 77.6 Å². The van der Waals surface area contributed by atoms with Crippen LogP contribution in [0.5, 0.6) is 0 Å². The van der Waals surface area contributed by atoms with Gasteiger partial charge in [0.15, 0.2) is 0 Å². The van der Waals surface area contributed by atoms with Crippen LogP contribution in [0, 0.1) is 17.0 Å². The number of aromatic nitrogens is 1. The van der Waals surface area contributed by atoms with Gasteiger partial charge in [-0.05, 0) is 61.9 Å². The summed E-state index contributed by atoms with van der Waals surface area (Å²) in [6.07, 6.45) is 1.20. The Bertz CT molecular complexity index is 2710. The number of hydrogen-bond donors (Lipinski definition) is 10. The van der Waals surface area contributed by atoms with Crippen LogP contribution in [0.3, 0.4) is 0 Å². The second-order valence-electron chi connectivity index (χ2n) is 19.2. The summed E-state index contributed by atoms with van der Waals surface area (Å²) in [6, 6.07) is 5.37. The third-order valence-electron chi connectivity index (χ3n) is 12.0. The summed E-state index contributed by atoms with van der Waals surface area (Å²) in [5.74, 6) is -11.9. The monoisotopic (exact) mass is 1080 g/mol. The van der Waals surface area contributed by atoms with Crippen molar-refractivity contribution < 1.29 is 71.7 Å². The van der Waals surface area contributed by atoms with E-state index in [-0.39, 0.29) is 24.2 Å².